The van der Waals surface area contributed by atoms with Gasteiger partial charge >= 0.3 is 0 Å². The van der Waals surface area contributed by atoms with E-state index < -0.39 is 0 Å². The van der Waals surface area contributed by atoms with Crippen LogP contribution in [0.2, 0.25) is 19.1 Å². The summed E-state index contributed by atoms with van der Waals surface area (Å²) in [6.45, 7) is 5.91. The van der Waals surface area contributed by atoms with Gasteiger partial charge in [0.15, 0.2) is 0 Å². The minimum absolute atomic E-state index is 0.0529. The topological polar surface area (TPSA) is 12.0 Å². The number of nitrogens with one attached hydrogen (secondary N) is 1. The predicted molar refractivity (Wildman–Crippen MR) is 40.8 cm³/mol. The Morgan fingerprint density at radius 1 is 1.38 bits per heavy atom. The van der Waals surface area contributed by atoms with Gasteiger partial charge < -0.3 is 5.32 Å². The highest BCUT2D eigenvalue weighted by Crippen LogP contribution is 1.93. The van der Waals surface area contributed by atoms with Gasteiger partial charge in [-0.3, -0.25) is 0 Å². The molecule has 0 aromatic rings. The molecule has 0 atom stereocenters. The second kappa shape index (κ2) is 5.32. The summed E-state index contributed by atoms with van der Waals surface area (Å²) in [6.07, 6.45) is 1.36. The van der Waals surface area contributed by atoms with Crippen LogP contribution in [0, 0.1) is 0 Å². The molecule has 0 aliphatic carbocycles. The molecule has 2 heteroatoms. The van der Waals surface area contributed by atoms with Crippen LogP contribution < -0.4 is 5.32 Å². The van der Waals surface area contributed by atoms with Gasteiger partial charge in [0, 0.05) is 8.80 Å². The fourth-order valence-corrected chi connectivity index (χ4v) is 1.50. The summed E-state index contributed by atoms with van der Waals surface area (Å²) >= 11 is 0. The van der Waals surface area contributed by atoms with Crippen LogP contribution in [0.15, 0.2) is 0 Å². The van der Waals surface area contributed by atoms with Crippen LogP contribution in [0.4, 0.5) is 0 Å². The molecule has 0 aliphatic rings. The fraction of sp³-hybridized carbons (Fsp3) is 1.00. The maximum absolute atomic E-state index is 3.14. The van der Waals surface area contributed by atoms with Gasteiger partial charge in [-0.1, -0.05) is 19.1 Å². The quantitative estimate of drug-likeness (QED) is 0.447. The van der Waals surface area contributed by atoms with Gasteiger partial charge in [0.2, 0.25) is 0 Å². The van der Waals surface area contributed by atoms with Crippen LogP contribution in [0.1, 0.15) is 6.42 Å². The molecular weight excluding hydrogens is 114 g/mol. The SMILES string of the molecule is CNCCC[Si](C)C. The summed E-state index contributed by atoms with van der Waals surface area (Å²) in [5.41, 5.74) is 0. The molecule has 1 nitrogen and oxygen atoms in total. The molecule has 0 heterocycles. The van der Waals surface area contributed by atoms with E-state index in [4.69, 9.17) is 0 Å². The highest BCUT2D eigenvalue weighted by molar-refractivity contribution is 6.55. The van der Waals surface area contributed by atoms with Crippen molar-refractivity contribution in [3.05, 3.63) is 0 Å². The van der Waals surface area contributed by atoms with E-state index in [9.17, 15) is 0 Å². The minimum Gasteiger partial charge on any atom is -0.320 e. The highest BCUT2D eigenvalue weighted by Gasteiger charge is 1.92. The first-order valence-corrected chi connectivity index (χ1v) is 5.91. The van der Waals surface area contributed by atoms with E-state index in [1.165, 1.54) is 19.0 Å². The lowest BCUT2D eigenvalue weighted by atomic mass is 10.5. The third-order valence-corrected chi connectivity index (χ3v) is 2.46. The van der Waals surface area contributed by atoms with Crippen molar-refractivity contribution < 1.29 is 0 Å². The Morgan fingerprint density at radius 2 is 2.00 bits per heavy atom. The van der Waals surface area contributed by atoms with E-state index >= 15 is 0 Å². The van der Waals surface area contributed by atoms with Crippen molar-refractivity contribution in [2.24, 2.45) is 0 Å². The van der Waals surface area contributed by atoms with Crippen LogP contribution in [0.3, 0.4) is 0 Å². The first-order valence-electron chi connectivity index (χ1n) is 3.21. The average Bonchev–Trinajstić information content (AvgIpc) is 1.66. The number of hydrogen-bond acceptors (Lipinski definition) is 1. The summed E-state index contributed by atoms with van der Waals surface area (Å²) < 4.78 is 0. The zero-order valence-corrected chi connectivity index (χ0v) is 7.12. The Hall–Kier alpha value is 0.177. The highest BCUT2D eigenvalue weighted by atomic mass is 28.3. The predicted octanol–water partition coefficient (Wildman–Crippen LogP) is 1.35. The summed E-state index contributed by atoms with van der Waals surface area (Å²) in [6, 6.07) is 1.45. The van der Waals surface area contributed by atoms with E-state index in [0.717, 1.165) is 0 Å². The van der Waals surface area contributed by atoms with E-state index in [1.54, 1.807) is 0 Å². The fourth-order valence-electron chi connectivity index (χ4n) is 0.619. The molecule has 0 fully saturated rings. The number of hydrogen-bond donors (Lipinski definition) is 1. The smallest absolute Gasteiger partial charge is 0.0413 e. The zero-order valence-electron chi connectivity index (χ0n) is 6.12. The van der Waals surface area contributed by atoms with E-state index in [-0.39, 0.29) is 8.80 Å². The van der Waals surface area contributed by atoms with Crippen molar-refractivity contribution in [2.45, 2.75) is 25.6 Å². The first-order chi connectivity index (χ1) is 3.77. The zero-order chi connectivity index (χ0) is 6.41. The molecule has 0 aromatic carbocycles. The monoisotopic (exact) mass is 130 g/mol. The van der Waals surface area contributed by atoms with Crippen LogP contribution in [-0.4, -0.2) is 22.4 Å². The summed E-state index contributed by atoms with van der Waals surface area (Å²) in [5.74, 6) is 0. The van der Waals surface area contributed by atoms with Crippen molar-refractivity contribution in [1.82, 2.24) is 5.32 Å². The molecule has 0 aromatic heterocycles. The molecule has 0 bridgehead atoms. The van der Waals surface area contributed by atoms with Gasteiger partial charge in [-0.2, -0.15) is 0 Å². The Morgan fingerprint density at radius 3 is 2.38 bits per heavy atom. The van der Waals surface area contributed by atoms with E-state index in [0.29, 0.717) is 0 Å². The molecule has 1 radical (unpaired) electrons. The molecule has 0 rings (SSSR count). The molecule has 8 heavy (non-hydrogen) atoms. The lowest BCUT2D eigenvalue weighted by Crippen LogP contribution is -2.10. The van der Waals surface area contributed by atoms with Gasteiger partial charge in [0.1, 0.15) is 0 Å². The van der Waals surface area contributed by atoms with Crippen molar-refractivity contribution >= 4 is 8.80 Å². The largest absolute Gasteiger partial charge is 0.320 e. The first kappa shape index (κ1) is 8.18. The third kappa shape index (κ3) is 6.18. The molecule has 1 N–H and O–H groups in total. The van der Waals surface area contributed by atoms with Crippen molar-refractivity contribution in [2.75, 3.05) is 13.6 Å². The van der Waals surface area contributed by atoms with Crippen molar-refractivity contribution in [1.29, 1.82) is 0 Å². The normalized spacial score (nSPS) is 10.5. The molecule has 0 spiro atoms. The standard InChI is InChI=1S/C6H16NSi/c1-7-5-4-6-8(2)3/h7H,4-6H2,1-3H3. The van der Waals surface area contributed by atoms with E-state index in [2.05, 4.69) is 18.4 Å². The van der Waals surface area contributed by atoms with E-state index in [1.807, 2.05) is 7.05 Å². The van der Waals surface area contributed by atoms with Gasteiger partial charge in [0.05, 0.1) is 0 Å². The second-order valence-corrected chi connectivity index (χ2v) is 5.33. The van der Waals surface area contributed by atoms with Gasteiger partial charge in [-0.05, 0) is 20.0 Å². The van der Waals surface area contributed by atoms with Gasteiger partial charge in [-0.15, -0.1) is 0 Å². The molecule has 0 unspecified atom stereocenters. The summed E-state index contributed by atoms with van der Waals surface area (Å²) in [7, 11) is 2.06. The third-order valence-electron chi connectivity index (χ3n) is 1.10. The van der Waals surface area contributed by atoms with Crippen LogP contribution in [0.25, 0.3) is 0 Å². The average molecular weight is 130 g/mol. The van der Waals surface area contributed by atoms with Crippen LogP contribution in [-0.2, 0) is 0 Å². The molecule has 0 saturated heterocycles. The van der Waals surface area contributed by atoms with Gasteiger partial charge in [-0.25, -0.2) is 0 Å². The van der Waals surface area contributed by atoms with Crippen LogP contribution >= 0.6 is 0 Å². The maximum atomic E-state index is 3.14. The molecule has 0 amide bonds. The number of rotatable bonds is 4. The van der Waals surface area contributed by atoms with Crippen LogP contribution in [0.5, 0.6) is 0 Å². The second-order valence-electron chi connectivity index (χ2n) is 2.41. The molecular formula is C6H16NSi. The Labute approximate surface area is 54.1 Å². The van der Waals surface area contributed by atoms with Crippen molar-refractivity contribution in [3.63, 3.8) is 0 Å². The lowest BCUT2D eigenvalue weighted by molar-refractivity contribution is 0.768. The molecule has 0 aliphatic heterocycles. The maximum Gasteiger partial charge on any atom is 0.0413 e. The van der Waals surface area contributed by atoms with Gasteiger partial charge in [0.25, 0.3) is 0 Å². The summed E-state index contributed by atoms with van der Waals surface area (Å²) in [5, 5.41) is 3.14. The Bertz CT molecular complexity index is 45.8. The summed E-state index contributed by atoms with van der Waals surface area (Å²) in [4.78, 5) is 0. The Balaban J connectivity index is 2.72. The molecule has 0 saturated carbocycles. The lowest BCUT2D eigenvalue weighted by Gasteiger charge is -1.99. The molecule has 49 valence electrons. The minimum atomic E-state index is 0.0529. The Kier molecular flexibility index (Phi) is 5.43. The van der Waals surface area contributed by atoms with Crippen molar-refractivity contribution in [3.8, 4) is 0 Å².